The maximum Gasteiger partial charge on any atom is 0.105 e. The molecule has 23 heavy (non-hydrogen) atoms. The molecule has 1 aliphatic heterocycles. The normalized spacial score (nSPS) is 22.3. The number of hydrogen-bond donors (Lipinski definition) is 0. The van der Waals surface area contributed by atoms with Gasteiger partial charge in [0, 0.05) is 44.3 Å². The Morgan fingerprint density at radius 3 is 2.61 bits per heavy atom. The summed E-state index contributed by atoms with van der Waals surface area (Å²) in [6, 6.07) is 0.885. The number of likely N-dealkylation sites (tertiary alicyclic amines) is 1. The number of aryl methyl sites for hydroxylation is 2. The van der Waals surface area contributed by atoms with Gasteiger partial charge in [-0.25, -0.2) is 9.67 Å². The van der Waals surface area contributed by atoms with E-state index >= 15 is 0 Å². The molecule has 3 rings (SSSR count). The van der Waals surface area contributed by atoms with Crippen LogP contribution in [0.2, 0.25) is 0 Å². The lowest BCUT2D eigenvalue weighted by Crippen LogP contribution is -2.36. The minimum absolute atomic E-state index is 0.392. The van der Waals surface area contributed by atoms with Crippen molar-refractivity contribution in [3.05, 3.63) is 30.6 Å². The van der Waals surface area contributed by atoms with Crippen LogP contribution in [0.3, 0.4) is 0 Å². The van der Waals surface area contributed by atoms with E-state index < -0.39 is 0 Å². The topological polar surface area (TPSA) is 55.0 Å². The third-order valence-electron chi connectivity index (χ3n) is 4.83. The van der Waals surface area contributed by atoms with E-state index in [2.05, 4.69) is 56.9 Å². The SMILES string of the molecule is Cc1nccn1CCCCN1C[C@@H](N(C)C)[C@@H](n2ccnn2)C1. The van der Waals surface area contributed by atoms with Gasteiger partial charge in [-0.3, -0.25) is 4.90 Å². The average molecular weight is 317 g/mol. The van der Waals surface area contributed by atoms with Gasteiger partial charge in [-0.2, -0.15) is 0 Å². The van der Waals surface area contributed by atoms with Crippen LogP contribution in [0.25, 0.3) is 0 Å². The molecule has 0 bridgehead atoms. The van der Waals surface area contributed by atoms with Gasteiger partial charge in [0.2, 0.25) is 0 Å². The monoisotopic (exact) mass is 317 g/mol. The number of nitrogens with zero attached hydrogens (tertiary/aromatic N) is 7. The van der Waals surface area contributed by atoms with Gasteiger partial charge in [-0.15, -0.1) is 5.10 Å². The van der Waals surface area contributed by atoms with Crippen LogP contribution in [0.15, 0.2) is 24.8 Å². The number of unbranched alkanes of at least 4 members (excludes halogenated alkanes) is 1. The predicted octanol–water partition coefficient (Wildman–Crippen LogP) is 1.05. The highest BCUT2D eigenvalue weighted by molar-refractivity contribution is 4.93. The molecule has 7 nitrogen and oxygen atoms in total. The van der Waals surface area contributed by atoms with Crippen LogP contribution in [0.1, 0.15) is 24.7 Å². The Hall–Kier alpha value is -1.73. The van der Waals surface area contributed by atoms with Gasteiger partial charge in [0.05, 0.1) is 12.2 Å². The van der Waals surface area contributed by atoms with Gasteiger partial charge in [0.15, 0.2) is 0 Å². The van der Waals surface area contributed by atoms with E-state index in [1.165, 1.54) is 12.8 Å². The summed E-state index contributed by atoms with van der Waals surface area (Å²) in [5, 5.41) is 8.17. The molecule has 0 radical (unpaired) electrons. The zero-order valence-corrected chi connectivity index (χ0v) is 14.3. The van der Waals surface area contributed by atoms with Gasteiger partial charge < -0.3 is 9.47 Å². The molecule has 1 saturated heterocycles. The molecule has 0 N–H and O–H groups in total. The second kappa shape index (κ2) is 7.23. The Labute approximate surface area is 137 Å². The molecule has 1 aliphatic rings. The molecule has 2 atom stereocenters. The summed E-state index contributed by atoms with van der Waals surface area (Å²) >= 11 is 0. The largest absolute Gasteiger partial charge is 0.335 e. The van der Waals surface area contributed by atoms with E-state index in [1.54, 1.807) is 6.20 Å². The van der Waals surface area contributed by atoms with Crippen LogP contribution < -0.4 is 0 Å². The smallest absolute Gasteiger partial charge is 0.105 e. The third-order valence-corrected chi connectivity index (χ3v) is 4.83. The molecule has 1 fully saturated rings. The van der Waals surface area contributed by atoms with Crippen molar-refractivity contribution >= 4 is 0 Å². The van der Waals surface area contributed by atoms with Crippen molar-refractivity contribution in [1.29, 1.82) is 0 Å². The van der Waals surface area contributed by atoms with Crippen LogP contribution >= 0.6 is 0 Å². The van der Waals surface area contributed by atoms with E-state index in [0.29, 0.717) is 12.1 Å². The van der Waals surface area contributed by atoms with Gasteiger partial charge >= 0.3 is 0 Å². The second-order valence-electron chi connectivity index (χ2n) is 6.62. The Morgan fingerprint density at radius 2 is 1.96 bits per heavy atom. The second-order valence-corrected chi connectivity index (χ2v) is 6.62. The van der Waals surface area contributed by atoms with Crippen LogP contribution in [-0.2, 0) is 6.54 Å². The molecule has 0 aliphatic carbocycles. The highest BCUT2D eigenvalue weighted by atomic mass is 15.5. The molecular formula is C16H27N7. The molecule has 0 saturated carbocycles. The van der Waals surface area contributed by atoms with Crippen LogP contribution in [0.5, 0.6) is 0 Å². The van der Waals surface area contributed by atoms with Crippen molar-refractivity contribution in [3.8, 4) is 0 Å². The Balaban J connectivity index is 1.48. The minimum atomic E-state index is 0.392. The maximum atomic E-state index is 4.27. The van der Waals surface area contributed by atoms with Crippen molar-refractivity contribution < 1.29 is 0 Å². The highest BCUT2D eigenvalue weighted by Gasteiger charge is 2.35. The summed E-state index contributed by atoms with van der Waals surface area (Å²) in [4.78, 5) is 9.13. The van der Waals surface area contributed by atoms with E-state index in [0.717, 1.165) is 32.0 Å². The van der Waals surface area contributed by atoms with Crippen LogP contribution in [-0.4, -0.2) is 74.1 Å². The molecule has 2 aromatic heterocycles. The summed E-state index contributed by atoms with van der Waals surface area (Å²) < 4.78 is 4.24. The molecule has 126 valence electrons. The summed E-state index contributed by atoms with van der Waals surface area (Å²) in [6.45, 7) is 6.41. The molecule has 0 spiro atoms. The molecule has 0 aromatic carbocycles. The van der Waals surface area contributed by atoms with Gasteiger partial charge in [-0.1, -0.05) is 5.21 Å². The van der Waals surface area contributed by atoms with Gasteiger partial charge in [-0.05, 0) is 40.4 Å². The number of hydrogen-bond acceptors (Lipinski definition) is 5. The van der Waals surface area contributed by atoms with Gasteiger partial charge in [0.1, 0.15) is 5.82 Å². The zero-order chi connectivity index (χ0) is 16.2. The zero-order valence-electron chi connectivity index (χ0n) is 14.3. The summed E-state index contributed by atoms with van der Waals surface area (Å²) in [7, 11) is 4.31. The molecule has 2 aromatic rings. The van der Waals surface area contributed by atoms with Crippen molar-refractivity contribution in [2.45, 2.75) is 38.4 Å². The summed E-state index contributed by atoms with van der Waals surface area (Å²) in [5.74, 6) is 1.10. The summed E-state index contributed by atoms with van der Waals surface area (Å²) in [5.41, 5.74) is 0. The van der Waals surface area contributed by atoms with Crippen molar-refractivity contribution in [2.24, 2.45) is 0 Å². The van der Waals surface area contributed by atoms with Crippen molar-refractivity contribution in [3.63, 3.8) is 0 Å². The molecular weight excluding hydrogens is 290 g/mol. The number of rotatable bonds is 7. The van der Waals surface area contributed by atoms with Crippen LogP contribution in [0.4, 0.5) is 0 Å². The quantitative estimate of drug-likeness (QED) is 0.715. The van der Waals surface area contributed by atoms with E-state index in [4.69, 9.17) is 0 Å². The first-order valence-electron chi connectivity index (χ1n) is 8.37. The van der Waals surface area contributed by atoms with E-state index in [9.17, 15) is 0 Å². The lowest BCUT2D eigenvalue weighted by Gasteiger charge is -2.24. The van der Waals surface area contributed by atoms with E-state index in [-0.39, 0.29) is 0 Å². The summed E-state index contributed by atoms with van der Waals surface area (Å²) in [6.07, 6.45) is 10.1. The number of aromatic nitrogens is 5. The minimum Gasteiger partial charge on any atom is -0.335 e. The van der Waals surface area contributed by atoms with Crippen molar-refractivity contribution in [2.75, 3.05) is 33.7 Å². The fourth-order valence-electron chi connectivity index (χ4n) is 3.45. The maximum absolute atomic E-state index is 4.27. The number of likely N-dealkylation sites (N-methyl/N-ethyl adjacent to an activating group) is 1. The van der Waals surface area contributed by atoms with Gasteiger partial charge in [0.25, 0.3) is 0 Å². The lowest BCUT2D eigenvalue weighted by atomic mass is 10.1. The molecule has 0 amide bonds. The Bertz CT molecular complexity index is 589. The Morgan fingerprint density at radius 1 is 1.13 bits per heavy atom. The molecule has 0 unspecified atom stereocenters. The third kappa shape index (κ3) is 3.79. The first-order valence-corrected chi connectivity index (χ1v) is 8.37. The standard InChI is InChI=1S/C16H27N7/c1-14-17-6-10-22(14)9-5-4-8-21-12-15(20(2)3)16(13-21)23-11-7-18-19-23/h6-7,10-11,15-16H,4-5,8-9,12-13H2,1-3H3/t15-,16+/m1/s1. The van der Waals surface area contributed by atoms with Crippen molar-refractivity contribution in [1.82, 2.24) is 34.3 Å². The first kappa shape index (κ1) is 16.1. The number of imidazole rings is 1. The highest BCUT2D eigenvalue weighted by Crippen LogP contribution is 2.24. The fourth-order valence-corrected chi connectivity index (χ4v) is 3.45. The molecule has 3 heterocycles. The predicted molar refractivity (Wildman–Crippen MR) is 89.2 cm³/mol. The fraction of sp³-hybridized carbons (Fsp3) is 0.688. The molecule has 7 heteroatoms. The first-order chi connectivity index (χ1) is 11.1. The Kier molecular flexibility index (Phi) is 5.07. The lowest BCUT2D eigenvalue weighted by molar-refractivity contribution is 0.237. The van der Waals surface area contributed by atoms with Crippen LogP contribution in [0, 0.1) is 6.92 Å². The van der Waals surface area contributed by atoms with E-state index in [1.807, 2.05) is 17.1 Å². The average Bonchev–Trinajstić information content (AvgIpc) is 3.24.